The normalized spacial score (nSPS) is 18.4. The van der Waals surface area contributed by atoms with Crippen LogP contribution in [-0.4, -0.2) is 33.1 Å². The Morgan fingerprint density at radius 2 is 1.79 bits per heavy atom. The van der Waals surface area contributed by atoms with E-state index in [1.165, 1.54) is 28.3 Å². The third-order valence-electron chi connectivity index (χ3n) is 6.33. The average Bonchev–Trinajstić information content (AvgIpc) is 3.02. The number of hydrogen-bond donors (Lipinski definition) is 0. The summed E-state index contributed by atoms with van der Waals surface area (Å²) in [6.07, 6.45) is 4.05. The van der Waals surface area contributed by atoms with E-state index in [1.807, 2.05) is 6.92 Å². The Labute approximate surface area is 203 Å². The summed E-state index contributed by atoms with van der Waals surface area (Å²) < 4.78 is 0. The van der Waals surface area contributed by atoms with Gasteiger partial charge in [-0.05, 0) is 86.9 Å². The number of anilines is 1. The Balaban J connectivity index is 1.62. The lowest BCUT2D eigenvalue weighted by molar-refractivity contribution is -0.384. The largest absolute Gasteiger partial charge is 0.363 e. The van der Waals surface area contributed by atoms with Crippen molar-refractivity contribution in [3.8, 4) is 0 Å². The number of nitro groups is 1. The average molecular weight is 478 g/mol. The molecule has 0 bridgehead atoms. The van der Waals surface area contributed by atoms with Crippen LogP contribution in [0.1, 0.15) is 49.9 Å². The zero-order valence-electron chi connectivity index (χ0n) is 19.9. The lowest BCUT2D eigenvalue weighted by Gasteiger charge is -2.43. The number of amides is 2. The number of benzene rings is 2. The molecule has 1 saturated heterocycles. The third kappa shape index (κ3) is 4.25. The number of nitrogens with zero attached hydrogens (tertiary/aromatic N) is 3. The van der Waals surface area contributed by atoms with Crippen LogP contribution >= 0.6 is 11.8 Å². The van der Waals surface area contributed by atoms with Crippen LogP contribution in [-0.2, 0) is 11.3 Å². The van der Waals surface area contributed by atoms with E-state index in [1.54, 1.807) is 18.2 Å². The fourth-order valence-electron chi connectivity index (χ4n) is 4.66. The Morgan fingerprint density at radius 3 is 2.41 bits per heavy atom. The van der Waals surface area contributed by atoms with Crippen LogP contribution in [0.5, 0.6) is 0 Å². The molecule has 4 rings (SSSR count). The number of rotatable bonds is 5. The number of carbonyl (C=O) groups is 2. The maximum absolute atomic E-state index is 13.0. The highest BCUT2D eigenvalue weighted by Gasteiger charge is 2.36. The third-order valence-corrected chi connectivity index (χ3v) is 7.24. The van der Waals surface area contributed by atoms with Gasteiger partial charge in [-0.3, -0.25) is 24.6 Å². The van der Waals surface area contributed by atoms with Gasteiger partial charge in [0.2, 0.25) is 0 Å². The Bertz CT molecular complexity index is 1260. The molecule has 0 aromatic heterocycles. The van der Waals surface area contributed by atoms with Crippen molar-refractivity contribution in [1.82, 2.24) is 4.90 Å². The lowest BCUT2D eigenvalue weighted by Crippen LogP contribution is -2.44. The van der Waals surface area contributed by atoms with Gasteiger partial charge in [-0.2, -0.15) is 0 Å². The molecule has 34 heavy (non-hydrogen) atoms. The number of carbonyl (C=O) groups excluding carboxylic acids is 2. The van der Waals surface area contributed by atoms with Crippen molar-refractivity contribution in [2.24, 2.45) is 0 Å². The molecule has 2 heterocycles. The van der Waals surface area contributed by atoms with Gasteiger partial charge < -0.3 is 4.90 Å². The van der Waals surface area contributed by atoms with E-state index < -0.39 is 4.92 Å². The van der Waals surface area contributed by atoms with Gasteiger partial charge in [-0.25, -0.2) is 0 Å². The van der Waals surface area contributed by atoms with E-state index in [9.17, 15) is 19.7 Å². The second-order valence-electron chi connectivity index (χ2n) is 9.14. The zero-order valence-corrected chi connectivity index (χ0v) is 20.7. The molecular formula is C26H27N3O4S. The van der Waals surface area contributed by atoms with Gasteiger partial charge in [0, 0.05) is 29.9 Å². The second kappa shape index (κ2) is 8.76. The predicted molar refractivity (Wildman–Crippen MR) is 137 cm³/mol. The van der Waals surface area contributed by atoms with Crippen LogP contribution in [0, 0.1) is 17.0 Å². The van der Waals surface area contributed by atoms with E-state index in [2.05, 4.69) is 50.8 Å². The molecule has 0 aliphatic carbocycles. The van der Waals surface area contributed by atoms with Crippen LogP contribution in [0.2, 0.25) is 0 Å². The van der Waals surface area contributed by atoms with Crippen molar-refractivity contribution in [2.45, 2.75) is 46.7 Å². The Kier molecular flexibility index (Phi) is 6.12. The first-order valence-electron chi connectivity index (χ1n) is 11.1. The van der Waals surface area contributed by atoms with Gasteiger partial charge >= 0.3 is 0 Å². The molecule has 0 atom stereocenters. The molecule has 2 amide bonds. The first-order valence-corrected chi connectivity index (χ1v) is 11.9. The Morgan fingerprint density at radius 1 is 1.12 bits per heavy atom. The molecule has 1 fully saturated rings. The summed E-state index contributed by atoms with van der Waals surface area (Å²) in [6.45, 7) is 11.6. The molecule has 2 aromatic carbocycles. The number of fused-ring (bicyclic) bond motifs is 1. The highest BCUT2D eigenvalue weighted by Crippen LogP contribution is 2.41. The minimum absolute atomic E-state index is 0.0324. The molecule has 2 aliphatic rings. The van der Waals surface area contributed by atoms with Crippen LogP contribution < -0.4 is 4.90 Å². The molecule has 2 aromatic rings. The highest BCUT2D eigenvalue weighted by molar-refractivity contribution is 8.18. The minimum atomic E-state index is -0.481. The van der Waals surface area contributed by atoms with Gasteiger partial charge in [0.05, 0.1) is 21.9 Å². The molecule has 0 unspecified atom stereocenters. The molecule has 176 valence electrons. The quantitative estimate of drug-likeness (QED) is 0.291. The number of hydrogen-bond acceptors (Lipinski definition) is 6. The van der Waals surface area contributed by atoms with Crippen molar-refractivity contribution in [3.05, 3.63) is 79.7 Å². The minimum Gasteiger partial charge on any atom is -0.363 e. The van der Waals surface area contributed by atoms with Crippen molar-refractivity contribution >= 4 is 45.9 Å². The zero-order chi connectivity index (χ0) is 24.8. The molecular weight excluding hydrogens is 450 g/mol. The standard InChI is InChI=1S/C26H27N3O4S/c1-6-28-22-11-16(2)19(12-21(22)17(3)14-26(28,4)5)13-23-24(30)27(25(31)34-23)15-18-7-9-20(10-8-18)29(32)33/h7-14H,6,15H2,1-5H3/b23-13+. The number of non-ortho nitro benzene ring substituents is 1. The van der Waals surface area contributed by atoms with E-state index in [0.29, 0.717) is 10.5 Å². The fourth-order valence-corrected chi connectivity index (χ4v) is 5.49. The molecule has 7 nitrogen and oxygen atoms in total. The van der Waals surface area contributed by atoms with E-state index >= 15 is 0 Å². The first-order chi connectivity index (χ1) is 16.0. The van der Waals surface area contributed by atoms with Crippen LogP contribution in [0.4, 0.5) is 16.2 Å². The summed E-state index contributed by atoms with van der Waals surface area (Å²) in [5.41, 5.74) is 5.97. The summed E-state index contributed by atoms with van der Waals surface area (Å²) >= 11 is 0.921. The van der Waals surface area contributed by atoms with Crippen LogP contribution in [0.25, 0.3) is 11.6 Å². The SMILES string of the molecule is CCN1c2cc(C)c(/C=C3/SC(=O)N(Cc4ccc([N+](=O)[O-])cc4)C3=O)cc2C(C)=CC1(C)C. The summed E-state index contributed by atoms with van der Waals surface area (Å²) in [5, 5.41) is 10.5. The van der Waals surface area contributed by atoms with Crippen molar-refractivity contribution < 1.29 is 14.5 Å². The van der Waals surface area contributed by atoms with E-state index in [0.717, 1.165) is 35.0 Å². The molecule has 2 aliphatic heterocycles. The summed E-state index contributed by atoms with van der Waals surface area (Å²) in [5.74, 6) is -0.353. The number of nitro benzene ring substituents is 1. The van der Waals surface area contributed by atoms with Crippen LogP contribution in [0.15, 0.2) is 47.4 Å². The number of thioether (sulfide) groups is 1. The van der Waals surface area contributed by atoms with Gasteiger partial charge in [0.1, 0.15) is 0 Å². The van der Waals surface area contributed by atoms with Crippen molar-refractivity contribution in [2.75, 3.05) is 11.4 Å². The molecule has 8 heteroatoms. The maximum Gasteiger partial charge on any atom is 0.293 e. The van der Waals surface area contributed by atoms with Gasteiger partial charge in [0.25, 0.3) is 16.8 Å². The van der Waals surface area contributed by atoms with Gasteiger partial charge in [-0.1, -0.05) is 18.2 Å². The summed E-state index contributed by atoms with van der Waals surface area (Å²) in [4.78, 5) is 39.9. The monoisotopic (exact) mass is 477 g/mol. The highest BCUT2D eigenvalue weighted by atomic mass is 32.2. The summed E-state index contributed by atoms with van der Waals surface area (Å²) in [7, 11) is 0. The number of likely N-dealkylation sites (N-methyl/N-ethyl adjacent to an activating group) is 1. The second-order valence-corrected chi connectivity index (χ2v) is 10.1. The first kappa shape index (κ1) is 23.8. The summed E-state index contributed by atoms with van der Waals surface area (Å²) in [6, 6.07) is 10.1. The fraction of sp³-hybridized carbons (Fsp3) is 0.308. The predicted octanol–water partition coefficient (Wildman–Crippen LogP) is 6.16. The van der Waals surface area contributed by atoms with Crippen molar-refractivity contribution in [3.63, 3.8) is 0 Å². The van der Waals surface area contributed by atoms with E-state index in [-0.39, 0.29) is 28.9 Å². The maximum atomic E-state index is 13.0. The molecule has 0 N–H and O–H groups in total. The number of allylic oxidation sites excluding steroid dienone is 1. The van der Waals surface area contributed by atoms with Gasteiger partial charge in [-0.15, -0.1) is 0 Å². The lowest BCUT2D eigenvalue weighted by atomic mass is 9.87. The Hall–Kier alpha value is -3.39. The topological polar surface area (TPSA) is 83.8 Å². The van der Waals surface area contributed by atoms with Crippen LogP contribution in [0.3, 0.4) is 0 Å². The number of imide groups is 1. The smallest absolute Gasteiger partial charge is 0.293 e. The molecule has 0 spiro atoms. The van der Waals surface area contributed by atoms with Gasteiger partial charge in [0.15, 0.2) is 0 Å². The molecule has 0 saturated carbocycles. The number of aryl methyl sites for hydroxylation is 1. The van der Waals surface area contributed by atoms with Crippen molar-refractivity contribution in [1.29, 1.82) is 0 Å². The molecule has 0 radical (unpaired) electrons. The van der Waals surface area contributed by atoms with E-state index in [4.69, 9.17) is 0 Å².